The van der Waals surface area contributed by atoms with Crippen LogP contribution in [0.5, 0.6) is 0 Å². The molecule has 0 atom stereocenters. The molecule has 1 aromatic rings. The molecule has 2 rings (SSSR count). The zero-order valence-corrected chi connectivity index (χ0v) is 12.4. The quantitative estimate of drug-likeness (QED) is 0.650. The Morgan fingerprint density at radius 3 is 2.68 bits per heavy atom. The molecule has 0 heterocycles. The molecule has 1 heteroatoms. The number of benzene rings is 1. The van der Waals surface area contributed by atoms with Crippen molar-refractivity contribution in [2.24, 2.45) is 0 Å². The zero-order valence-electron chi connectivity index (χ0n) is 11.7. The standard InChI is InChI=1S/C18H20Cl/c1-4-14-10-11-17(18(19)12-14)13(3)16-9-7-6-8-15(16)5-2/h7-12H,3-6H2,1-2H3. The minimum Gasteiger partial charge on any atom is -0.0905 e. The lowest BCUT2D eigenvalue weighted by Gasteiger charge is -2.18. The van der Waals surface area contributed by atoms with E-state index in [1.54, 1.807) is 0 Å². The maximum absolute atomic E-state index is 6.40. The SMILES string of the molecule is C=C(C1=C[CH]CC=C1CC)c1ccc(CC)cc1Cl. The molecule has 0 nitrogen and oxygen atoms in total. The molecule has 0 aromatic heterocycles. The number of rotatable bonds is 4. The summed E-state index contributed by atoms with van der Waals surface area (Å²) in [5, 5.41) is 0.797. The van der Waals surface area contributed by atoms with Gasteiger partial charge in [-0.15, -0.1) is 0 Å². The van der Waals surface area contributed by atoms with E-state index in [0.29, 0.717) is 0 Å². The molecule has 0 unspecified atom stereocenters. The first-order valence-electron chi connectivity index (χ1n) is 6.88. The van der Waals surface area contributed by atoms with Gasteiger partial charge in [0.25, 0.3) is 0 Å². The molecule has 0 N–H and O–H groups in total. The third-order valence-electron chi connectivity index (χ3n) is 3.60. The Balaban J connectivity index is 2.34. The summed E-state index contributed by atoms with van der Waals surface area (Å²) in [4.78, 5) is 0. The van der Waals surface area contributed by atoms with Crippen molar-refractivity contribution in [2.75, 3.05) is 0 Å². The fourth-order valence-electron chi connectivity index (χ4n) is 2.41. The summed E-state index contributed by atoms with van der Waals surface area (Å²) in [7, 11) is 0. The van der Waals surface area contributed by atoms with Gasteiger partial charge in [0.2, 0.25) is 0 Å². The molecule has 0 spiro atoms. The van der Waals surface area contributed by atoms with Crippen LogP contribution in [0.4, 0.5) is 0 Å². The molecule has 0 saturated heterocycles. The molecule has 1 aromatic carbocycles. The van der Waals surface area contributed by atoms with E-state index in [1.807, 2.05) is 6.07 Å². The van der Waals surface area contributed by atoms with Crippen molar-refractivity contribution in [1.82, 2.24) is 0 Å². The first kappa shape index (κ1) is 14.1. The summed E-state index contributed by atoms with van der Waals surface area (Å²) in [5.41, 5.74) is 5.91. The van der Waals surface area contributed by atoms with Crippen molar-refractivity contribution in [2.45, 2.75) is 33.1 Å². The summed E-state index contributed by atoms with van der Waals surface area (Å²) < 4.78 is 0. The van der Waals surface area contributed by atoms with Crippen molar-refractivity contribution < 1.29 is 0 Å². The average molecular weight is 272 g/mol. The lowest BCUT2D eigenvalue weighted by atomic mass is 9.87. The lowest BCUT2D eigenvalue weighted by molar-refractivity contribution is 1.07. The van der Waals surface area contributed by atoms with E-state index in [-0.39, 0.29) is 0 Å². The van der Waals surface area contributed by atoms with Gasteiger partial charge < -0.3 is 0 Å². The fraction of sp³-hybridized carbons (Fsp3) is 0.278. The van der Waals surface area contributed by atoms with Gasteiger partial charge in [0.1, 0.15) is 0 Å². The predicted molar refractivity (Wildman–Crippen MR) is 85.2 cm³/mol. The highest BCUT2D eigenvalue weighted by Gasteiger charge is 2.14. The van der Waals surface area contributed by atoms with Crippen LogP contribution in [-0.2, 0) is 6.42 Å². The van der Waals surface area contributed by atoms with Gasteiger partial charge in [0, 0.05) is 10.6 Å². The second kappa shape index (κ2) is 6.25. The van der Waals surface area contributed by atoms with E-state index < -0.39 is 0 Å². The summed E-state index contributed by atoms with van der Waals surface area (Å²) >= 11 is 6.40. The number of hydrogen-bond donors (Lipinski definition) is 0. The molecule has 0 fully saturated rings. The number of hydrogen-bond acceptors (Lipinski definition) is 0. The summed E-state index contributed by atoms with van der Waals surface area (Å²) in [5.74, 6) is 0. The molecule has 0 amide bonds. The van der Waals surface area contributed by atoms with Crippen LogP contribution in [0.1, 0.15) is 37.8 Å². The predicted octanol–water partition coefficient (Wildman–Crippen LogP) is 5.79. The normalized spacial score (nSPS) is 14.9. The van der Waals surface area contributed by atoms with Crippen molar-refractivity contribution in [3.63, 3.8) is 0 Å². The van der Waals surface area contributed by atoms with Crippen LogP contribution in [-0.4, -0.2) is 0 Å². The number of halogens is 1. The fourth-order valence-corrected chi connectivity index (χ4v) is 2.73. The summed E-state index contributed by atoms with van der Waals surface area (Å²) in [6.45, 7) is 8.57. The molecule has 0 bridgehead atoms. The maximum atomic E-state index is 6.40. The Morgan fingerprint density at radius 1 is 1.26 bits per heavy atom. The Bertz CT molecular complexity index is 547. The highest BCUT2D eigenvalue weighted by molar-refractivity contribution is 6.32. The second-order valence-corrected chi connectivity index (χ2v) is 5.19. The highest BCUT2D eigenvalue weighted by Crippen LogP contribution is 2.35. The first-order valence-corrected chi connectivity index (χ1v) is 7.26. The Hall–Kier alpha value is -1.27. The summed E-state index contributed by atoms with van der Waals surface area (Å²) in [6, 6.07) is 6.27. The molecule has 99 valence electrons. The van der Waals surface area contributed by atoms with Crippen LogP contribution in [0.3, 0.4) is 0 Å². The average Bonchev–Trinajstić information content (AvgIpc) is 2.46. The first-order chi connectivity index (χ1) is 9.17. The van der Waals surface area contributed by atoms with Crippen LogP contribution >= 0.6 is 11.6 Å². The van der Waals surface area contributed by atoms with E-state index >= 15 is 0 Å². The molecule has 1 aliphatic rings. The minimum absolute atomic E-state index is 0.797. The van der Waals surface area contributed by atoms with E-state index in [1.165, 1.54) is 16.7 Å². The van der Waals surface area contributed by atoms with Gasteiger partial charge in [0.15, 0.2) is 0 Å². The molecule has 19 heavy (non-hydrogen) atoms. The Labute approximate surface area is 121 Å². The van der Waals surface area contributed by atoms with Crippen molar-refractivity contribution in [1.29, 1.82) is 0 Å². The van der Waals surface area contributed by atoms with E-state index in [9.17, 15) is 0 Å². The molecule has 0 aliphatic heterocycles. The van der Waals surface area contributed by atoms with Gasteiger partial charge in [0.05, 0.1) is 0 Å². The highest BCUT2D eigenvalue weighted by atomic mass is 35.5. The van der Waals surface area contributed by atoms with Gasteiger partial charge in [-0.25, -0.2) is 0 Å². The molecule has 1 aliphatic carbocycles. The van der Waals surface area contributed by atoms with E-state index in [0.717, 1.165) is 35.4 Å². The monoisotopic (exact) mass is 271 g/mol. The largest absolute Gasteiger partial charge is 0.0905 e. The van der Waals surface area contributed by atoms with Crippen LogP contribution < -0.4 is 0 Å². The van der Waals surface area contributed by atoms with Crippen molar-refractivity contribution >= 4 is 17.2 Å². The van der Waals surface area contributed by atoms with Crippen LogP contribution in [0, 0.1) is 6.42 Å². The third-order valence-corrected chi connectivity index (χ3v) is 3.92. The van der Waals surface area contributed by atoms with Crippen LogP contribution in [0.15, 0.2) is 48.1 Å². The van der Waals surface area contributed by atoms with E-state index in [4.69, 9.17) is 11.6 Å². The molecule has 0 saturated carbocycles. The van der Waals surface area contributed by atoms with Gasteiger partial charge in [-0.1, -0.05) is 56.3 Å². The van der Waals surface area contributed by atoms with Gasteiger partial charge in [-0.2, -0.15) is 0 Å². The van der Waals surface area contributed by atoms with E-state index in [2.05, 4.69) is 51.1 Å². The summed E-state index contributed by atoms with van der Waals surface area (Å²) in [6.07, 6.45) is 9.67. The topological polar surface area (TPSA) is 0 Å². The second-order valence-electron chi connectivity index (χ2n) is 4.78. The van der Waals surface area contributed by atoms with Crippen molar-refractivity contribution in [3.05, 3.63) is 70.6 Å². The molecular weight excluding hydrogens is 252 g/mol. The lowest BCUT2D eigenvalue weighted by Crippen LogP contribution is -1.98. The van der Waals surface area contributed by atoms with Gasteiger partial charge in [-0.3, -0.25) is 0 Å². The van der Waals surface area contributed by atoms with Crippen LogP contribution in [0.25, 0.3) is 5.57 Å². The van der Waals surface area contributed by atoms with Crippen molar-refractivity contribution in [3.8, 4) is 0 Å². The Kier molecular flexibility index (Phi) is 4.66. The number of aryl methyl sites for hydroxylation is 1. The van der Waals surface area contributed by atoms with Gasteiger partial charge in [-0.05, 0) is 54.0 Å². The van der Waals surface area contributed by atoms with Crippen LogP contribution in [0.2, 0.25) is 5.02 Å². The molecular formula is C18H20Cl. The smallest absolute Gasteiger partial charge is 0.0487 e. The maximum Gasteiger partial charge on any atom is 0.0487 e. The minimum atomic E-state index is 0.797. The zero-order chi connectivity index (χ0) is 13.8. The number of allylic oxidation sites excluding steroid dienone is 5. The molecule has 1 radical (unpaired) electrons. The van der Waals surface area contributed by atoms with Gasteiger partial charge >= 0.3 is 0 Å². The Morgan fingerprint density at radius 2 is 2.05 bits per heavy atom. The third kappa shape index (κ3) is 3.01.